The molecule has 0 saturated carbocycles. The third-order valence-corrected chi connectivity index (χ3v) is 6.00. The number of amides is 1. The lowest BCUT2D eigenvalue weighted by Gasteiger charge is -2.16. The number of carbonyl (C=O) groups excluding carboxylic acids is 1. The van der Waals surface area contributed by atoms with Crippen molar-refractivity contribution in [3.8, 4) is 0 Å². The topological polar surface area (TPSA) is 74.8 Å². The van der Waals surface area contributed by atoms with Gasteiger partial charge in [0.25, 0.3) is 5.56 Å². The van der Waals surface area contributed by atoms with Gasteiger partial charge in [-0.25, -0.2) is 4.98 Å². The van der Waals surface area contributed by atoms with Gasteiger partial charge < -0.3 is 10.3 Å². The van der Waals surface area contributed by atoms with Crippen molar-refractivity contribution in [1.29, 1.82) is 0 Å². The molecular weight excluding hydrogens is 427 g/mol. The highest BCUT2D eigenvalue weighted by Crippen LogP contribution is 2.38. The monoisotopic (exact) mass is 449 g/mol. The number of aromatic amines is 1. The van der Waals surface area contributed by atoms with Crippen molar-refractivity contribution in [1.82, 2.24) is 9.97 Å². The van der Waals surface area contributed by atoms with Gasteiger partial charge in [0, 0.05) is 23.0 Å². The Morgan fingerprint density at radius 1 is 1.23 bits per heavy atom. The third-order valence-electron chi connectivity index (χ3n) is 4.73. The molecule has 0 aliphatic carbocycles. The van der Waals surface area contributed by atoms with E-state index in [-0.39, 0.29) is 29.3 Å². The molecule has 0 saturated heterocycles. The molecule has 0 bridgehead atoms. The number of alkyl halides is 3. The summed E-state index contributed by atoms with van der Waals surface area (Å²) in [4.78, 5) is 31.8. The quantitative estimate of drug-likeness (QED) is 0.474. The van der Waals surface area contributed by atoms with Gasteiger partial charge >= 0.3 is 6.18 Å². The van der Waals surface area contributed by atoms with Gasteiger partial charge in [0.2, 0.25) is 5.91 Å². The van der Waals surface area contributed by atoms with Gasteiger partial charge in [-0.3, -0.25) is 9.59 Å². The molecule has 0 spiro atoms. The van der Waals surface area contributed by atoms with Crippen LogP contribution in [0.2, 0.25) is 0 Å². The van der Waals surface area contributed by atoms with Crippen molar-refractivity contribution >= 4 is 34.3 Å². The van der Waals surface area contributed by atoms with E-state index in [1.807, 2.05) is 13.8 Å². The first kappa shape index (κ1) is 22.9. The predicted octanol–water partition coefficient (Wildman–Crippen LogP) is 5.40. The molecule has 2 N–H and O–H groups in total. The fourth-order valence-electron chi connectivity index (χ4n) is 2.95. The summed E-state index contributed by atoms with van der Waals surface area (Å²) in [6.45, 7) is 3.91. The number of nitrogens with one attached hydrogen (secondary N) is 2. The first-order valence-corrected chi connectivity index (χ1v) is 10.7. The SMILES string of the molecule is CCC(C)Sc1ccc(NC(=O)CCc2nc3ccccc3c(=O)[nH]2)c(C(F)(F)F)c1. The second-order valence-corrected chi connectivity index (χ2v) is 8.63. The highest BCUT2D eigenvalue weighted by atomic mass is 32.2. The largest absolute Gasteiger partial charge is 0.418 e. The van der Waals surface area contributed by atoms with Crippen LogP contribution in [0.5, 0.6) is 0 Å². The number of H-pyrrole nitrogens is 1. The predicted molar refractivity (Wildman–Crippen MR) is 116 cm³/mol. The van der Waals surface area contributed by atoms with E-state index in [0.717, 1.165) is 12.5 Å². The molecule has 5 nitrogen and oxygen atoms in total. The Morgan fingerprint density at radius 2 is 1.97 bits per heavy atom. The molecule has 1 amide bonds. The van der Waals surface area contributed by atoms with Crippen LogP contribution in [0.1, 0.15) is 38.1 Å². The summed E-state index contributed by atoms with van der Waals surface area (Å²) in [6.07, 6.45) is -3.80. The van der Waals surface area contributed by atoms with Crippen LogP contribution >= 0.6 is 11.8 Å². The van der Waals surface area contributed by atoms with E-state index in [1.165, 1.54) is 17.8 Å². The number of carbonyl (C=O) groups is 1. The minimum Gasteiger partial charge on any atom is -0.325 e. The zero-order valence-corrected chi connectivity index (χ0v) is 17.9. The summed E-state index contributed by atoms with van der Waals surface area (Å²) >= 11 is 1.36. The third kappa shape index (κ3) is 5.88. The fourth-order valence-corrected chi connectivity index (χ4v) is 3.92. The van der Waals surface area contributed by atoms with Crippen LogP contribution in [0.3, 0.4) is 0 Å². The van der Waals surface area contributed by atoms with Crippen molar-refractivity contribution in [2.75, 3.05) is 5.32 Å². The van der Waals surface area contributed by atoms with Crippen LogP contribution in [-0.4, -0.2) is 21.1 Å². The zero-order chi connectivity index (χ0) is 22.6. The van der Waals surface area contributed by atoms with Crippen LogP contribution in [0.4, 0.5) is 18.9 Å². The molecule has 3 aromatic rings. The minimum atomic E-state index is -4.60. The van der Waals surface area contributed by atoms with Gasteiger partial charge in [-0.2, -0.15) is 13.2 Å². The number of rotatable bonds is 7. The number of anilines is 1. The van der Waals surface area contributed by atoms with Gasteiger partial charge in [0.05, 0.1) is 22.2 Å². The first-order chi connectivity index (χ1) is 14.7. The molecule has 2 aromatic carbocycles. The number of para-hydroxylation sites is 1. The van der Waals surface area contributed by atoms with E-state index < -0.39 is 17.6 Å². The smallest absolute Gasteiger partial charge is 0.325 e. The summed E-state index contributed by atoms with van der Waals surface area (Å²) in [7, 11) is 0. The van der Waals surface area contributed by atoms with Crippen molar-refractivity contribution < 1.29 is 18.0 Å². The van der Waals surface area contributed by atoms with Gasteiger partial charge in [0.15, 0.2) is 0 Å². The highest BCUT2D eigenvalue weighted by Gasteiger charge is 2.34. The Bertz CT molecular complexity index is 1140. The van der Waals surface area contributed by atoms with Crippen LogP contribution in [-0.2, 0) is 17.4 Å². The van der Waals surface area contributed by atoms with Gasteiger partial charge in [-0.05, 0) is 36.8 Å². The van der Waals surface area contributed by atoms with Crippen LogP contribution in [0, 0.1) is 0 Å². The van der Waals surface area contributed by atoms with Crippen LogP contribution in [0.15, 0.2) is 52.2 Å². The summed E-state index contributed by atoms with van der Waals surface area (Å²) in [6, 6.07) is 10.7. The molecule has 1 aromatic heterocycles. The maximum absolute atomic E-state index is 13.5. The van der Waals surface area contributed by atoms with Gasteiger partial charge in [0.1, 0.15) is 5.82 Å². The lowest BCUT2D eigenvalue weighted by atomic mass is 10.1. The fraction of sp³-hybridized carbons (Fsp3) is 0.318. The standard InChI is InChI=1S/C22H22F3N3O2S/c1-3-13(2)31-14-8-9-18(16(12-14)22(23,24)25)27-20(29)11-10-19-26-17-7-5-4-6-15(17)21(30)28-19/h4-9,12-13H,3,10-11H2,1-2H3,(H,27,29)(H,26,28,30). The molecule has 0 aliphatic heterocycles. The molecule has 0 aliphatic rings. The Hall–Kier alpha value is -2.81. The molecule has 0 radical (unpaired) electrons. The van der Waals surface area contributed by atoms with E-state index in [4.69, 9.17) is 0 Å². The van der Waals surface area contributed by atoms with E-state index in [2.05, 4.69) is 15.3 Å². The van der Waals surface area contributed by atoms with Crippen LogP contribution < -0.4 is 10.9 Å². The zero-order valence-electron chi connectivity index (χ0n) is 17.0. The summed E-state index contributed by atoms with van der Waals surface area (Å²) < 4.78 is 40.6. The number of thioether (sulfide) groups is 1. The van der Waals surface area contributed by atoms with Gasteiger partial charge in [-0.1, -0.05) is 26.0 Å². The number of nitrogens with zero attached hydrogens (tertiary/aromatic N) is 1. The second kappa shape index (κ2) is 9.55. The van der Waals surface area contributed by atoms with Crippen molar-refractivity contribution in [2.45, 2.75) is 49.4 Å². The molecule has 164 valence electrons. The van der Waals surface area contributed by atoms with Crippen molar-refractivity contribution in [3.63, 3.8) is 0 Å². The number of hydrogen-bond acceptors (Lipinski definition) is 4. The summed E-state index contributed by atoms with van der Waals surface area (Å²) in [5.74, 6) is -0.293. The molecule has 1 atom stereocenters. The Kier molecular flexibility index (Phi) is 7.04. The molecule has 0 fully saturated rings. The van der Waals surface area contributed by atoms with E-state index in [1.54, 1.807) is 30.3 Å². The maximum Gasteiger partial charge on any atom is 0.418 e. The average molecular weight is 449 g/mol. The van der Waals surface area contributed by atoms with E-state index >= 15 is 0 Å². The minimum absolute atomic E-state index is 0.0925. The second-order valence-electron chi connectivity index (χ2n) is 7.12. The Labute approximate surface area is 181 Å². The summed E-state index contributed by atoms with van der Waals surface area (Å²) in [5, 5.41) is 2.96. The van der Waals surface area contributed by atoms with E-state index in [0.29, 0.717) is 21.6 Å². The molecule has 9 heteroatoms. The number of aromatic nitrogens is 2. The Morgan fingerprint density at radius 3 is 2.68 bits per heavy atom. The normalized spacial score (nSPS) is 12.7. The van der Waals surface area contributed by atoms with Crippen molar-refractivity contribution in [2.24, 2.45) is 0 Å². The lowest BCUT2D eigenvalue weighted by Crippen LogP contribution is -2.18. The number of hydrogen-bond donors (Lipinski definition) is 2. The molecular formula is C22H22F3N3O2S. The van der Waals surface area contributed by atoms with Crippen molar-refractivity contribution in [3.05, 3.63) is 64.2 Å². The molecule has 1 unspecified atom stereocenters. The molecule has 31 heavy (non-hydrogen) atoms. The van der Waals surface area contributed by atoms with E-state index in [9.17, 15) is 22.8 Å². The number of fused-ring (bicyclic) bond motifs is 1. The first-order valence-electron chi connectivity index (χ1n) is 9.83. The number of benzene rings is 2. The van der Waals surface area contributed by atoms with Crippen LogP contribution in [0.25, 0.3) is 10.9 Å². The Balaban J connectivity index is 1.73. The maximum atomic E-state index is 13.5. The number of halogens is 3. The number of aryl methyl sites for hydroxylation is 1. The lowest BCUT2D eigenvalue weighted by molar-refractivity contribution is -0.137. The molecule has 1 heterocycles. The van der Waals surface area contributed by atoms with Gasteiger partial charge in [-0.15, -0.1) is 11.8 Å². The highest BCUT2D eigenvalue weighted by molar-refractivity contribution is 7.99. The summed E-state index contributed by atoms with van der Waals surface area (Å²) in [5.41, 5.74) is -0.998. The average Bonchev–Trinajstić information content (AvgIpc) is 2.72. The molecule has 3 rings (SSSR count).